The van der Waals surface area contributed by atoms with Gasteiger partial charge in [-0.3, -0.25) is 4.98 Å². The van der Waals surface area contributed by atoms with Crippen molar-refractivity contribution in [1.29, 1.82) is 0 Å². The van der Waals surface area contributed by atoms with E-state index in [2.05, 4.69) is 90.6 Å². The largest absolute Gasteiger partial charge is 0.368 e. The Morgan fingerprint density at radius 1 is 0.971 bits per heavy atom. The zero-order valence-corrected chi connectivity index (χ0v) is 22.4. The molecule has 1 aliphatic rings. The van der Waals surface area contributed by atoms with Crippen LogP contribution in [0.4, 0.5) is 10.1 Å². The summed E-state index contributed by atoms with van der Waals surface area (Å²) in [7, 11) is 0. The molecule has 0 radical (unpaired) electrons. The summed E-state index contributed by atoms with van der Waals surface area (Å²) in [6.07, 6.45) is -0.166. The number of fused-ring (bicyclic) bond motifs is 1. The molecule has 35 heavy (non-hydrogen) atoms. The van der Waals surface area contributed by atoms with Gasteiger partial charge in [-0.2, -0.15) is 0 Å². The van der Waals surface area contributed by atoms with E-state index < -0.39 is 0 Å². The second kappa shape index (κ2) is 9.39. The monoisotopic (exact) mass is 474 g/mol. The van der Waals surface area contributed by atoms with Gasteiger partial charge >= 0.3 is 0 Å². The summed E-state index contributed by atoms with van der Waals surface area (Å²) >= 11 is 0. The Morgan fingerprint density at radius 2 is 1.60 bits per heavy atom. The number of anilines is 1. The van der Waals surface area contributed by atoms with Crippen LogP contribution in [-0.2, 0) is 16.7 Å². The fraction of sp³-hybridized carbons (Fsp3) is 0.452. The van der Waals surface area contributed by atoms with Gasteiger partial charge in [0.15, 0.2) is 0 Å². The van der Waals surface area contributed by atoms with Crippen molar-refractivity contribution in [3.05, 3.63) is 82.9 Å². The average Bonchev–Trinajstić information content (AvgIpc) is 2.77. The molecular weight excluding hydrogens is 435 g/mol. The zero-order chi connectivity index (χ0) is 25.5. The van der Waals surface area contributed by atoms with E-state index >= 15 is 0 Å². The lowest BCUT2D eigenvalue weighted by Gasteiger charge is -2.43. The van der Waals surface area contributed by atoms with Gasteiger partial charge in [0.05, 0.1) is 17.4 Å². The molecule has 0 amide bonds. The third-order valence-electron chi connectivity index (χ3n) is 6.68. The van der Waals surface area contributed by atoms with Crippen LogP contribution in [0, 0.1) is 5.82 Å². The Kier molecular flexibility index (Phi) is 6.80. The highest BCUT2D eigenvalue weighted by atomic mass is 19.1. The maximum Gasteiger partial charge on any atom is 0.123 e. The summed E-state index contributed by atoms with van der Waals surface area (Å²) in [6.45, 7) is 19.0. The highest BCUT2D eigenvalue weighted by molar-refractivity contribution is 5.75. The van der Waals surface area contributed by atoms with Crippen molar-refractivity contribution in [1.82, 2.24) is 4.98 Å². The predicted octanol–water partition coefficient (Wildman–Crippen LogP) is 8.19. The molecule has 0 saturated carbocycles. The lowest BCUT2D eigenvalue weighted by Crippen LogP contribution is -2.44. The fourth-order valence-electron chi connectivity index (χ4n) is 5.38. The van der Waals surface area contributed by atoms with Gasteiger partial charge in [0.2, 0.25) is 0 Å². The van der Waals surface area contributed by atoms with Crippen LogP contribution in [0.3, 0.4) is 0 Å². The third-order valence-corrected chi connectivity index (χ3v) is 6.68. The van der Waals surface area contributed by atoms with Crippen LogP contribution in [0.1, 0.15) is 89.9 Å². The first kappa shape index (κ1) is 25.4. The summed E-state index contributed by atoms with van der Waals surface area (Å²) < 4.78 is 20.5. The maximum atomic E-state index is 14.0. The van der Waals surface area contributed by atoms with Crippen molar-refractivity contribution in [3.8, 4) is 11.1 Å². The lowest BCUT2D eigenvalue weighted by atomic mass is 9.76. The fourth-order valence-corrected chi connectivity index (χ4v) is 5.38. The zero-order valence-electron chi connectivity index (χ0n) is 22.4. The number of halogens is 1. The molecule has 1 aromatic heterocycles. The standard InChI is InChI=1S/C31H39FN2O/c1-20(2)28-26(21(3)35-30(4,5)6)27(22-14-16-23(32)17-15-22)25-18-34(24-12-10-9-11-13-24)19-31(7,8)29(25)33-28/h9-17,20-21H,18-19H2,1-8H3. The summed E-state index contributed by atoms with van der Waals surface area (Å²) in [5, 5.41) is 0. The molecule has 1 aliphatic heterocycles. The van der Waals surface area contributed by atoms with Gasteiger partial charge in [0, 0.05) is 41.0 Å². The average molecular weight is 475 g/mol. The maximum absolute atomic E-state index is 14.0. The van der Waals surface area contributed by atoms with Crippen LogP contribution in [0.5, 0.6) is 0 Å². The van der Waals surface area contributed by atoms with E-state index in [9.17, 15) is 4.39 Å². The molecule has 1 unspecified atom stereocenters. The van der Waals surface area contributed by atoms with E-state index in [1.54, 1.807) is 12.1 Å². The molecule has 0 aliphatic carbocycles. The second-order valence-corrected chi connectivity index (χ2v) is 11.7. The minimum Gasteiger partial charge on any atom is -0.368 e. The number of nitrogens with zero attached hydrogens (tertiary/aromatic N) is 2. The minimum atomic E-state index is -0.307. The summed E-state index contributed by atoms with van der Waals surface area (Å²) in [6, 6.07) is 17.5. The highest BCUT2D eigenvalue weighted by Gasteiger charge is 2.38. The summed E-state index contributed by atoms with van der Waals surface area (Å²) in [4.78, 5) is 7.80. The van der Waals surface area contributed by atoms with Crippen LogP contribution in [0.25, 0.3) is 11.1 Å². The molecule has 4 rings (SSSR count). The van der Waals surface area contributed by atoms with Gasteiger partial charge in [-0.15, -0.1) is 0 Å². The SMILES string of the molecule is CC(C)c1nc2c(c(-c3ccc(F)cc3)c1C(C)OC(C)(C)C)CN(c1ccccc1)CC2(C)C. The Bertz CT molecular complexity index is 1180. The van der Waals surface area contributed by atoms with E-state index in [4.69, 9.17) is 9.72 Å². The number of rotatable bonds is 5. The van der Waals surface area contributed by atoms with Gasteiger partial charge in [0.25, 0.3) is 0 Å². The molecular formula is C31H39FN2O. The molecule has 4 heteroatoms. The molecule has 1 atom stereocenters. The number of aromatic nitrogens is 1. The number of ether oxygens (including phenoxy) is 1. The number of hydrogen-bond donors (Lipinski definition) is 0. The van der Waals surface area contributed by atoms with Crippen LogP contribution < -0.4 is 4.90 Å². The Balaban J connectivity index is 2.03. The van der Waals surface area contributed by atoms with Crippen LogP contribution >= 0.6 is 0 Å². The van der Waals surface area contributed by atoms with E-state index in [-0.39, 0.29) is 28.9 Å². The van der Waals surface area contributed by atoms with Crippen molar-refractivity contribution in [2.75, 3.05) is 11.4 Å². The van der Waals surface area contributed by atoms with E-state index in [1.165, 1.54) is 11.3 Å². The first-order valence-corrected chi connectivity index (χ1v) is 12.7. The number of hydrogen-bond acceptors (Lipinski definition) is 3. The number of benzene rings is 2. The van der Waals surface area contributed by atoms with Gasteiger partial charge in [0.1, 0.15) is 5.82 Å². The van der Waals surface area contributed by atoms with Crippen LogP contribution in [0.2, 0.25) is 0 Å². The van der Waals surface area contributed by atoms with Gasteiger partial charge in [-0.1, -0.05) is 58.0 Å². The quantitative estimate of drug-likeness (QED) is 0.373. The molecule has 186 valence electrons. The predicted molar refractivity (Wildman–Crippen MR) is 143 cm³/mol. The highest BCUT2D eigenvalue weighted by Crippen LogP contribution is 2.45. The number of para-hydroxylation sites is 1. The molecule has 3 aromatic rings. The molecule has 2 aromatic carbocycles. The normalized spacial score (nSPS) is 16.3. The molecule has 0 saturated heterocycles. The van der Waals surface area contributed by atoms with Crippen molar-refractivity contribution >= 4 is 5.69 Å². The molecule has 0 fully saturated rings. The first-order chi connectivity index (χ1) is 16.4. The van der Waals surface area contributed by atoms with E-state index in [1.807, 2.05) is 12.1 Å². The molecule has 3 nitrogen and oxygen atoms in total. The van der Waals surface area contributed by atoms with Crippen LogP contribution in [-0.4, -0.2) is 17.1 Å². The molecule has 0 bridgehead atoms. The van der Waals surface area contributed by atoms with Crippen molar-refractivity contribution in [2.45, 2.75) is 85.0 Å². The molecule has 0 spiro atoms. The van der Waals surface area contributed by atoms with Crippen molar-refractivity contribution < 1.29 is 9.13 Å². The topological polar surface area (TPSA) is 25.4 Å². The lowest BCUT2D eigenvalue weighted by molar-refractivity contribution is -0.0533. The van der Waals surface area contributed by atoms with Crippen molar-refractivity contribution in [3.63, 3.8) is 0 Å². The van der Waals surface area contributed by atoms with Gasteiger partial charge in [-0.25, -0.2) is 4.39 Å². The Morgan fingerprint density at radius 3 is 2.17 bits per heavy atom. The molecule has 0 N–H and O–H groups in total. The summed E-state index contributed by atoms with van der Waals surface area (Å²) in [5.41, 5.74) is 7.42. The van der Waals surface area contributed by atoms with Gasteiger partial charge in [-0.05, 0) is 69.0 Å². The second-order valence-electron chi connectivity index (χ2n) is 11.7. The first-order valence-electron chi connectivity index (χ1n) is 12.7. The van der Waals surface area contributed by atoms with Gasteiger partial charge < -0.3 is 9.64 Å². The van der Waals surface area contributed by atoms with E-state index in [0.717, 1.165) is 41.2 Å². The third kappa shape index (κ3) is 5.28. The molecule has 2 heterocycles. The Hall–Kier alpha value is -2.72. The minimum absolute atomic E-state index is 0.158. The smallest absolute Gasteiger partial charge is 0.123 e. The Labute approximate surface area is 210 Å². The number of pyridine rings is 1. The van der Waals surface area contributed by atoms with Crippen LogP contribution in [0.15, 0.2) is 54.6 Å². The van der Waals surface area contributed by atoms with E-state index in [0.29, 0.717) is 0 Å². The van der Waals surface area contributed by atoms with Crippen molar-refractivity contribution in [2.24, 2.45) is 0 Å². The summed E-state index contributed by atoms with van der Waals surface area (Å²) in [5.74, 6) is -0.00370.